The van der Waals surface area contributed by atoms with Gasteiger partial charge in [-0.1, -0.05) is 36.4 Å². The van der Waals surface area contributed by atoms with E-state index in [1.165, 1.54) is 0 Å². The van der Waals surface area contributed by atoms with Crippen LogP contribution in [-0.2, 0) is 6.54 Å². The second-order valence-corrected chi connectivity index (χ2v) is 5.69. The number of methoxy groups -OCH3 is 1. The number of nitrogens with zero attached hydrogens (tertiary/aromatic N) is 2. The first-order valence-corrected chi connectivity index (χ1v) is 8.40. The maximum absolute atomic E-state index is 5.55. The van der Waals surface area contributed by atoms with Gasteiger partial charge in [0, 0.05) is 5.56 Å². The van der Waals surface area contributed by atoms with Crippen LogP contribution in [0, 0.1) is 4.77 Å². The molecule has 0 aliphatic heterocycles. The number of aromatic nitrogens is 3. The second kappa shape index (κ2) is 7.85. The van der Waals surface area contributed by atoms with Crippen molar-refractivity contribution in [2.45, 2.75) is 13.5 Å². The molecule has 0 saturated heterocycles. The summed E-state index contributed by atoms with van der Waals surface area (Å²) in [5.41, 5.74) is 5.32. The van der Waals surface area contributed by atoms with E-state index in [0.29, 0.717) is 23.7 Å². The molecule has 0 spiro atoms. The topological polar surface area (TPSA) is 64.1 Å². The summed E-state index contributed by atoms with van der Waals surface area (Å²) in [5, 5.41) is 7.14. The standard InChI is InChI=1S/C18H20N4O2S/c1-3-24-15-10-9-13(11-16(15)23-2)12-19-22-17(20-21-18(22)25)14-7-5-4-6-8-14/h4-11,19H,3,12H2,1-2H3,(H,21,25). The molecule has 130 valence electrons. The van der Waals surface area contributed by atoms with Crippen LogP contribution in [0.5, 0.6) is 11.5 Å². The van der Waals surface area contributed by atoms with Gasteiger partial charge in [-0.05, 0) is 36.8 Å². The quantitative estimate of drug-likeness (QED) is 0.631. The number of nitrogens with one attached hydrogen (secondary N) is 2. The summed E-state index contributed by atoms with van der Waals surface area (Å²) in [4.78, 5) is 0. The van der Waals surface area contributed by atoms with Gasteiger partial charge in [0.2, 0.25) is 4.77 Å². The SMILES string of the molecule is CCOc1ccc(CNn2c(-c3ccccc3)n[nH]c2=S)cc1OC. The van der Waals surface area contributed by atoms with Crippen molar-refractivity contribution in [1.29, 1.82) is 0 Å². The second-order valence-electron chi connectivity index (χ2n) is 5.31. The lowest BCUT2D eigenvalue weighted by molar-refractivity contribution is 0.310. The number of hydrogen-bond donors (Lipinski definition) is 2. The van der Waals surface area contributed by atoms with E-state index in [1.54, 1.807) is 11.8 Å². The average molecular weight is 356 g/mol. The highest BCUT2D eigenvalue weighted by Gasteiger charge is 2.09. The zero-order valence-corrected chi connectivity index (χ0v) is 15.0. The molecule has 0 aliphatic rings. The Morgan fingerprint density at radius 2 is 1.96 bits per heavy atom. The maximum atomic E-state index is 5.55. The van der Waals surface area contributed by atoms with E-state index in [1.807, 2.05) is 55.5 Å². The molecular formula is C18H20N4O2S. The first-order valence-electron chi connectivity index (χ1n) is 7.99. The van der Waals surface area contributed by atoms with E-state index in [-0.39, 0.29) is 0 Å². The van der Waals surface area contributed by atoms with Crippen molar-refractivity contribution in [3.8, 4) is 22.9 Å². The highest BCUT2D eigenvalue weighted by molar-refractivity contribution is 7.71. The van der Waals surface area contributed by atoms with Crippen LogP contribution in [0.25, 0.3) is 11.4 Å². The first kappa shape index (κ1) is 17.0. The minimum atomic E-state index is 0.511. The molecule has 6 nitrogen and oxygen atoms in total. The lowest BCUT2D eigenvalue weighted by Crippen LogP contribution is -2.16. The van der Waals surface area contributed by atoms with Gasteiger partial charge in [0.15, 0.2) is 17.3 Å². The largest absolute Gasteiger partial charge is 0.493 e. The first-order chi connectivity index (χ1) is 12.2. The Kier molecular flexibility index (Phi) is 5.35. The van der Waals surface area contributed by atoms with Crippen molar-refractivity contribution in [1.82, 2.24) is 14.9 Å². The number of H-pyrrole nitrogens is 1. The lowest BCUT2D eigenvalue weighted by Gasteiger charge is -2.13. The summed E-state index contributed by atoms with van der Waals surface area (Å²) < 4.78 is 13.2. The highest BCUT2D eigenvalue weighted by atomic mass is 32.1. The molecule has 1 aromatic heterocycles. The van der Waals surface area contributed by atoms with Gasteiger partial charge in [-0.15, -0.1) is 0 Å². The summed E-state index contributed by atoms with van der Waals surface area (Å²) in [6.45, 7) is 3.11. The van der Waals surface area contributed by atoms with Crippen LogP contribution in [0.3, 0.4) is 0 Å². The fourth-order valence-electron chi connectivity index (χ4n) is 2.49. The summed E-state index contributed by atoms with van der Waals surface area (Å²) in [6.07, 6.45) is 0. The maximum Gasteiger partial charge on any atom is 0.214 e. The number of aromatic amines is 1. The molecule has 0 saturated carbocycles. The predicted molar refractivity (Wildman–Crippen MR) is 100 cm³/mol. The fourth-order valence-corrected chi connectivity index (χ4v) is 2.69. The lowest BCUT2D eigenvalue weighted by atomic mass is 10.2. The van der Waals surface area contributed by atoms with Crippen molar-refractivity contribution < 1.29 is 9.47 Å². The van der Waals surface area contributed by atoms with Gasteiger partial charge >= 0.3 is 0 Å². The fraction of sp³-hybridized carbons (Fsp3) is 0.222. The molecule has 2 N–H and O–H groups in total. The molecule has 0 aliphatic carbocycles. The molecule has 0 atom stereocenters. The molecule has 3 aromatic rings. The van der Waals surface area contributed by atoms with Crippen LogP contribution >= 0.6 is 12.2 Å². The van der Waals surface area contributed by atoms with Crippen molar-refractivity contribution in [3.05, 3.63) is 58.9 Å². The van der Waals surface area contributed by atoms with E-state index >= 15 is 0 Å². The third-order valence-electron chi connectivity index (χ3n) is 3.67. The van der Waals surface area contributed by atoms with Crippen molar-refractivity contribution in [3.63, 3.8) is 0 Å². The van der Waals surface area contributed by atoms with Crippen molar-refractivity contribution >= 4 is 12.2 Å². The molecule has 2 aromatic carbocycles. The zero-order valence-electron chi connectivity index (χ0n) is 14.2. The molecule has 1 heterocycles. The van der Waals surface area contributed by atoms with Crippen LogP contribution in [0.1, 0.15) is 12.5 Å². The van der Waals surface area contributed by atoms with E-state index in [0.717, 1.165) is 22.7 Å². The van der Waals surface area contributed by atoms with E-state index in [9.17, 15) is 0 Å². The molecule has 0 fully saturated rings. The molecule has 0 amide bonds. The average Bonchev–Trinajstić information content (AvgIpc) is 3.02. The summed E-state index contributed by atoms with van der Waals surface area (Å²) in [5.74, 6) is 2.18. The van der Waals surface area contributed by atoms with E-state index in [4.69, 9.17) is 21.7 Å². The summed E-state index contributed by atoms with van der Waals surface area (Å²) in [7, 11) is 1.63. The third-order valence-corrected chi connectivity index (χ3v) is 3.95. The van der Waals surface area contributed by atoms with Crippen LogP contribution in [0.15, 0.2) is 48.5 Å². The monoisotopic (exact) mass is 356 g/mol. The molecule has 0 bridgehead atoms. The summed E-state index contributed by atoms with van der Waals surface area (Å²) >= 11 is 5.33. The van der Waals surface area contributed by atoms with Crippen LogP contribution in [-0.4, -0.2) is 28.6 Å². The van der Waals surface area contributed by atoms with E-state index in [2.05, 4.69) is 15.6 Å². The van der Waals surface area contributed by atoms with E-state index < -0.39 is 0 Å². The number of rotatable bonds is 7. The van der Waals surface area contributed by atoms with Gasteiger partial charge in [-0.3, -0.25) is 0 Å². The van der Waals surface area contributed by atoms with Gasteiger partial charge in [-0.2, -0.15) is 5.10 Å². The van der Waals surface area contributed by atoms with Crippen LogP contribution in [0.2, 0.25) is 0 Å². The Hall–Kier alpha value is -2.80. The third kappa shape index (κ3) is 3.83. The number of benzene rings is 2. The van der Waals surface area contributed by atoms with Gasteiger partial charge in [0.25, 0.3) is 0 Å². The minimum Gasteiger partial charge on any atom is -0.493 e. The Balaban J connectivity index is 1.81. The Morgan fingerprint density at radius 3 is 2.68 bits per heavy atom. The van der Waals surface area contributed by atoms with Crippen molar-refractivity contribution in [2.24, 2.45) is 0 Å². The Labute approximate surface area is 151 Å². The molecular weight excluding hydrogens is 336 g/mol. The summed E-state index contributed by atoms with van der Waals surface area (Å²) in [6, 6.07) is 15.7. The van der Waals surface area contributed by atoms with Gasteiger partial charge in [0.1, 0.15) is 0 Å². The molecule has 7 heteroatoms. The molecule has 3 rings (SSSR count). The molecule has 25 heavy (non-hydrogen) atoms. The molecule has 0 radical (unpaired) electrons. The normalized spacial score (nSPS) is 10.5. The zero-order chi connectivity index (χ0) is 17.6. The molecule has 0 unspecified atom stereocenters. The predicted octanol–water partition coefficient (Wildman–Crippen LogP) is 3.76. The highest BCUT2D eigenvalue weighted by Crippen LogP contribution is 2.28. The van der Waals surface area contributed by atoms with Gasteiger partial charge in [-0.25, -0.2) is 9.77 Å². The van der Waals surface area contributed by atoms with Gasteiger partial charge in [0.05, 0.1) is 20.3 Å². The van der Waals surface area contributed by atoms with Crippen LogP contribution < -0.4 is 14.9 Å². The Morgan fingerprint density at radius 1 is 1.16 bits per heavy atom. The Bertz CT molecular complexity index is 890. The van der Waals surface area contributed by atoms with Crippen molar-refractivity contribution in [2.75, 3.05) is 19.1 Å². The minimum absolute atomic E-state index is 0.511. The number of ether oxygens (including phenoxy) is 2. The smallest absolute Gasteiger partial charge is 0.214 e. The van der Waals surface area contributed by atoms with Gasteiger partial charge < -0.3 is 14.9 Å². The number of hydrogen-bond acceptors (Lipinski definition) is 5. The van der Waals surface area contributed by atoms with Crippen LogP contribution in [0.4, 0.5) is 0 Å².